The number of carbonyl (C=O) groups is 1. The van der Waals surface area contributed by atoms with Crippen LogP contribution in [0.15, 0.2) is 35.3 Å². The van der Waals surface area contributed by atoms with Crippen LogP contribution in [-0.4, -0.2) is 34.9 Å². The molecule has 1 N–H and O–H groups in total. The number of nitrogens with one attached hydrogen (secondary N) is 1. The predicted molar refractivity (Wildman–Crippen MR) is 87.2 cm³/mol. The fourth-order valence-corrected chi connectivity index (χ4v) is 2.88. The van der Waals surface area contributed by atoms with Crippen LogP contribution in [0, 0.1) is 0 Å². The van der Waals surface area contributed by atoms with Crippen LogP contribution in [0.4, 0.5) is 0 Å². The minimum absolute atomic E-state index is 0.00687. The molecule has 0 bridgehead atoms. The number of ether oxygens (including phenoxy) is 1. The van der Waals surface area contributed by atoms with Gasteiger partial charge >= 0.3 is 0 Å². The normalized spacial score (nSPS) is 17.5. The number of aromatic nitrogens is 2. The molecule has 1 aliphatic rings. The Morgan fingerprint density at radius 2 is 2.26 bits per heavy atom. The summed E-state index contributed by atoms with van der Waals surface area (Å²) in [6, 6.07) is 7.31. The number of nitrogens with zero attached hydrogens (tertiary/aromatic N) is 2. The molecule has 0 saturated carbocycles. The Balaban J connectivity index is 1.52. The number of para-hydroxylation sites is 1. The lowest BCUT2D eigenvalue weighted by Gasteiger charge is -2.11. The molecular weight excluding hydrogens is 294 g/mol. The average molecular weight is 315 g/mol. The van der Waals surface area contributed by atoms with Gasteiger partial charge in [-0.1, -0.05) is 12.1 Å². The Morgan fingerprint density at radius 3 is 3.09 bits per heavy atom. The van der Waals surface area contributed by atoms with E-state index in [1.165, 1.54) is 6.20 Å². The summed E-state index contributed by atoms with van der Waals surface area (Å²) in [6.45, 7) is 1.93. The van der Waals surface area contributed by atoms with E-state index in [1.807, 2.05) is 18.2 Å². The smallest absolute Gasteiger partial charge is 0.221 e. The van der Waals surface area contributed by atoms with Gasteiger partial charge in [-0.2, -0.15) is 5.10 Å². The maximum absolute atomic E-state index is 11.9. The lowest BCUT2D eigenvalue weighted by molar-refractivity contribution is -0.121. The lowest BCUT2D eigenvalue weighted by Crippen LogP contribution is -2.28. The molecule has 1 aromatic carbocycles. The summed E-state index contributed by atoms with van der Waals surface area (Å²) in [4.78, 5) is 23.7. The number of carbonyl (C=O) groups excluding carboxylic acids is 1. The zero-order valence-electron chi connectivity index (χ0n) is 13.0. The fourth-order valence-electron chi connectivity index (χ4n) is 2.88. The number of hydrogen-bond acceptors (Lipinski definition) is 4. The van der Waals surface area contributed by atoms with Crippen molar-refractivity contribution in [3.8, 4) is 0 Å². The summed E-state index contributed by atoms with van der Waals surface area (Å²) in [7, 11) is 0. The van der Waals surface area contributed by atoms with Crippen LogP contribution in [0.3, 0.4) is 0 Å². The molecule has 1 aliphatic heterocycles. The Morgan fingerprint density at radius 1 is 1.39 bits per heavy atom. The van der Waals surface area contributed by atoms with Gasteiger partial charge in [-0.05, 0) is 31.4 Å². The molecule has 1 fully saturated rings. The van der Waals surface area contributed by atoms with Crippen LogP contribution in [0.5, 0.6) is 0 Å². The third-order valence-electron chi connectivity index (χ3n) is 4.13. The molecular formula is C17H21N3O3. The molecule has 6 heteroatoms. The molecule has 0 aliphatic carbocycles. The van der Waals surface area contributed by atoms with Crippen molar-refractivity contribution in [2.24, 2.45) is 0 Å². The number of amides is 1. The number of fused-ring (bicyclic) bond motifs is 1. The Bertz CT molecular complexity index is 735. The second kappa shape index (κ2) is 7.37. The van der Waals surface area contributed by atoms with Crippen molar-refractivity contribution in [1.82, 2.24) is 15.1 Å². The minimum atomic E-state index is -0.0992. The number of hydrogen-bond donors (Lipinski definition) is 1. The van der Waals surface area contributed by atoms with Crippen LogP contribution in [0.1, 0.15) is 25.7 Å². The highest BCUT2D eigenvalue weighted by Gasteiger charge is 2.15. The van der Waals surface area contributed by atoms with Crippen LogP contribution in [0.25, 0.3) is 10.9 Å². The Labute approximate surface area is 134 Å². The third-order valence-corrected chi connectivity index (χ3v) is 4.13. The second-order valence-electron chi connectivity index (χ2n) is 5.77. The third kappa shape index (κ3) is 3.96. The van der Waals surface area contributed by atoms with Gasteiger partial charge in [0.05, 0.1) is 24.4 Å². The summed E-state index contributed by atoms with van der Waals surface area (Å²) in [6.07, 6.45) is 5.00. The van der Waals surface area contributed by atoms with Gasteiger partial charge in [0.15, 0.2) is 0 Å². The fraction of sp³-hybridized carbons (Fsp3) is 0.471. The van der Waals surface area contributed by atoms with Crippen molar-refractivity contribution in [3.05, 3.63) is 40.7 Å². The van der Waals surface area contributed by atoms with Crippen LogP contribution < -0.4 is 10.7 Å². The summed E-state index contributed by atoms with van der Waals surface area (Å²) in [5.74, 6) is -0.00687. The zero-order valence-corrected chi connectivity index (χ0v) is 13.0. The standard InChI is InChI=1S/C17H21N3O3/c21-16-12-19-20(15-6-2-1-5-14(15)16)10-8-17(22)18-9-7-13-4-3-11-23-13/h1-2,5-6,12-13H,3-4,7-11H2,(H,18,22)/t13-/m0/s1. The molecule has 23 heavy (non-hydrogen) atoms. The van der Waals surface area contributed by atoms with Gasteiger partial charge < -0.3 is 10.1 Å². The molecule has 6 nitrogen and oxygen atoms in total. The van der Waals surface area contributed by atoms with Crippen LogP contribution >= 0.6 is 0 Å². The molecule has 1 aromatic heterocycles. The maximum atomic E-state index is 11.9. The summed E-state index contributed by atoms with van der Waals surface area (Å²) >= 11 is 0. The number of aryl methyl sites for hydroxylation is 1. The lowest BCUT2D eigenvalue weighted by atomic mass is 10.2. The van der Waals surface area contributed by atoms with Gasteiger partial charge in [-0.3, -0.25) is 14.3 Å². The molecule has 0 radical (unpaired) electrons. The van der Waals surface area contributed by atoms with E-state index < -0.39 is 0 Å². The first kappa shape index (κ1) is 15.7. The molecule has 1 atom stereocenters. The average Bonchev–Trinajstić information content (AvgIpc) is 3.08. The quantitative estimate of drug-likeness (QED) is 0.876. The minimum Gasteiger partial charge on any atom is -0.378 e. The number of rotatable bonds is 6. The maximum Gasteiger partial charge on any atom is 0.221 e. The van der Waals surface area contributed by atoms with E-state index in [9.17, 15) is 9.59 Å². The Hall–Kier alpha value is -2.21. The van der Waals surface area contributed by atoms with Gasteiger partial charge in [0.1, 0.15) is 0 Å². The zero-order chi connectivity index (χ0) is 16.1. The molecule has 1 amide bonds. The number of benzene rings is 1. The second-order valence-corrected chi connectivity index (χ2v) is 5.77. The molecule has 2 aromatic rings. The summed E-state index contributed by atoms with van der Waals surface area (Å²) in [5, 5.41) is 7.67. The van der Waals surface area contributed by atoms with Gasteiger partial charge in [0, 0.05) is 25.0 Å². The van der Waals surface area contributed by atoms with E-state index in [2.05, 4.69) is 10.4 Å². The van der Waals surface area contributed by atoms with Crippen molar-refractivity contribution >= 4 is 16.8 Å². The van der Waals surface area contributed by atoms with Gasteiger partial charge in [0.25, 0.3) is 0 Å². The summed E-state index contributed by atoms with van der Waals surface area (Å²) in [5.41, 5.74) is 0.657. The molecule has 122 valence electrons. The SMILES string of the molecule is O=C(CCn1ncc(=O)c2ccccc21)NCC[C@@H]1CCCO1. The monoisotopic (exact) mass is 315 g/mol. The highest BCUT2D eigenvalue weighted by molar-refractivity contribution is 5.78. The van der Waals surface area contributed by atoms with Gasteiger partial charge in [0.2, 0.25) is 11.3 Å². The van der Waals surface area contributed by atoms with Crippen molar-refractivity contribution < 1.29 is 9.53 Å². The van der Waals surface area contributed by atoms with Gasteiger partial charge in [-0.15, -0.1) is 0 Å². The van der Waals surface area contributed by atoms with E-state index in [4.69, 9.17) is 4.74 Å². The molecule has 3 rings (SSSR count). The highest BCUT2D eigenvalue weighted by Crippen LogP contribution is 2.14. The van der Waals surface area contributed by atoms with Crippen LogP contribution in [-0.2, 0) is 16.1 Å². The van der Waals surface area contributed by atoms with Crippen molar-refractivity contribution in [2.75, 3.05) is 13.2 Å². The van der Waals surface area contributed by atoms with Crippen LogP contribution in [0.2, 0.25) is 0 Å². The van der Waals surface area contributed by atoms with Crippen molar-refractivity contribution in [2.45, 2.75) is 38.3 Å². The van der Waals surface area contributed by atoms with E-state index in [-0.39, 0.29) is 11.3 Å². The highest BCUT2D eigenvalue weighted by atomic mass is 16.5. The predicted octanol–water partition coefficient (Wildman–Crippen LogP) is 1.47. The molecule has 2 heterocycles. The topological polar surface area (TPSA) is 73.2 Å². The first-order valence-corrected chi connectivity index (χ1v) is 8.07. The molecule has 0 spiro atoms. The van der Waals surface area contributed by atoms with E-state index >= 15 is 0 Å². The van der Waals surface area contributed by atoms with E-state index in [1.54, 1.807) is 10.7 Å². The van der Waals surface area contributed by atoms with Crippen molar-refractivity contribution in [3.63, 3.8) is 0 Å². The van der Waals surface area contributed by atoms with Gasteiger partial charge in [-0.25, -0.2) is 0 Å². The van der Waals surface area contributed by atoms with E-state index in [0.29, 0.717) is 31.0 Å². The summed E-state index contributed by atoms with van der Waals surface area (Å²) < 4.78 is 7.23. The van der Waals surface area contributed by atoms with Crippen molar-refractivity contribution in [1.29, 1.82) is 0 Å². The molecule has 1 saturated heterocycles. The van der Waals surface area contributed by atoms with E-state index in [0.717, 1.165) is 31.4 Å². The Kier molecular flexibility index (Phi) is 5.02. The molecule has 0 unspecified atom stereocenters. The largest absolute Gasteiger partial charge is 0.378 e. The first-order chi connectivity index (χ1) is 11.2. The first-order valence-electron chi connectivity index (χ1n) is 8.07.